The van der Waals surface area contributed by atoms with Crippen molar-refractivity contribution in [1.82, 2.24) is 0 Å². The Kier molecular flexibility index (Phi) is 2.41. The van der Waals surface area contributed by atoms with Crippen molar-refractivity contribution in [2.24, 2.45) is 5.41 Å². The van der Waals surface area contributed by atoms with E-state index in [1.807, 2.05) is 11.3 Å². The zero-order chi connectivity index (χ0) is 12.0. The fraction of sp³-hybridized carbons (Fsp3) is 0.375. The van der Waals surface area contributed by atoms with E-state index in [4.69, 9.17) is 0 Å². The Labute approximate surface area is 107 Å². The monoisotopic (exact) mass is 242 g/mol. The molecule has 0 unspecified atom stereocenters. The highest BCUT2D eigenvalue weighted by atomic mass is 32.1. The van der Waals surface area contributed by atoms with Gasteiger partial charge in [-0.1, -0.05) is 44.2 Å². The molecule has 0 radical (unpaired) electrons. The molecule has 1 aliphatic rings. The lowest BCUT2D eigenvalue weighted by molar-refractivity contribution is 0.380. The first kappa shape index (κ1) is 11.0. The summed E-state index contributed by atoms with van der Waals surface area (Å²) in [6.07, 6.45) is 2.42. The Bertz CT molecular complexity index is 541. The van der Waals surface area contributed by atoms with Crippen molar-refractivity contribution >= 4 is 21.4 Å². The van der Waals surface area contributed by atoms with Crippen LogP contribution in [0.3, 0.4) is 0 Å². The molecular formula is C16H18S. The summed E-state index contributed by atoms with van der Waals surface area (Å²) in [7, 11) is 0. The van der Waals surface area contributed by atoms with Crippen LogP contribution in [-0.2, 0) is 0 Å². The Hall–Kier alpha value is -1.08. The maximum Gasteiger partial charge on any atom is 0.0345 e. The quantitative estimate of drug-likeness (QED) is 0.590. The van der Waals surface area contributed by atoms with Crippen LogP contribution in [0.25, 0.3) is 10.1 Å². The summed E-state index contributed by atoms with van der Waals surface area (Å²) in [6.45, 7) is 8.99. The number of hydrogen-bond acceptors (Lipinski definition) is 1. The van der Waals surface area contributed by atoms with E-state index in [-0.39, 0.29) is 0 Å². The first-order chi connectivity index (χ1) is 8.05. The molecule has 2 aromatic rings. The van der Waals surface area contributed by atoms with E-state index in [0.717, 1.165) is 0 Å². The zero-order valence-corrected chi connectivity index (χ0v) is 11.3. The fourth-order valence-electron chi connectivity index (χ4n) is 2.98. The Morgan fingerprint density at radius 2 is 2.06 bits per heavy atom. The van der Waals surface area contributed by atoms with Crippen LogP contribution in [0.1, 0.15) is 37.5 Å². The Balaban J connectivity index is 2.02. The predicted octanol–water partition coefficient (Wildman–Crippen LogP) is 5.36. The average Bonchev–Trinajstić information content (AvgIpc) is 2.78. The van der Waals surface area contributed by atoms with Gasteiger partial charge < -0.3 is 0 Å². The topological polar surface area (TPSA) is 0 Å². The van der Waals surface area contributed by atoms with Gasteiger partial charge in [0, 0.05) is 15.5 Å². The summed E-state index contributed by atoms with van der Waals surface area (Å²) in [5.74, 6) is 0.586. The molecule has 88 valence electrons. The van der Waals surface area contributed by atoms with Crippen LogP contribution in [0, 0.1) is 5.41 Å². The van der Waals surface area contributed by atoms with Crippen LogP contribution in [0.5, 0.6) is 0 Å². The SMILES string of the molecule is C=C1CC(C)(C)C[C@H]1c1cc2ccccc2s1. The zero-order valence-electron chi connectivity index (χ0n) is 10.5. The highest BCUT2D eigenvalue weighted by Crippen LogP contribution is 2.50. The normalized spacial score (nSPS) is 23.4. The van der Waals surface area contributed by atoms with Crippen molar-refractivity contribution in [3.63, 3.8) is 0 Å². The number of allylic oxidation sites excluding steroid dienone is 1. The van der Waals surface area contributed by atoms with Crippen LogP contribution >= 0.6 is 11.3 Å². The van der Waals surface area contributed by atoms with Gasteiger partial charge in [0.25, 0.3) is 0 Å². The maximum atomic E-state index is 4.28. The van der Waals surface area contributed by atoms with E-state index < -0.39 is 0 Å². The van der Waals surface area contributed by atoms with Crippen molar-refractivity contribution in [3.05, 3.63) is 47.4 Å². The first-order valence-electron chi connectivity index (χ1n) is 6.21. The molecule has 1 aromatic heterocycles. The molecule has 1 heterocycles. The molecule has 0 amide bonds. The second kappa shape index (κ2) is 3.71. The summed E-state index contributed by atoms with van der Waals surface area (Å²) in [4.78, 5) is 1.50. The number of fused-ring (bicyclic) bond motifs is 1. The van der Waals surface area contributed by atoms with Crippen LogP contribution in [0.15, 0.2) is 42.5 Å². The van der Waals surface area contributed by atoms with Gasteiger partial charge in [-0.05, 0) is 35.8 Å². The largest absolute Gasteiger partial charge is 0.140 e. The van der Waals surface area contributed by atoms with Gasteiger partial charge >= 0.3 is 0 Å². The lowest BCUT2D eigenvalue weighted by Crippen LogP contribution is -2.03. The van der Waals surface area contributed by atoms with E-state index >= 15 is 0 Å². The highest BCUT2D eigenvalue weighted by Gasteiger charge is 2.35. The van der Waals surface area contributed by atoms with E-state index in [9.17, 15) is 0 Å². The minimum absolute atomic E-state index is 0.428. The van der Waals surface area contributed by atoms with Gasteiger partial charge in [0.2, 0.25) is 0 Å². The molecular weight excluding hydrogens is 224 g/mol. The molecule has 0 aliphatic heterocycles. The predicted molar refractivity (Wildman–Crippen MR) is 76.7 cm³/mol. The number of rotatable bonds is 1. The molecule has 1 aromatic carbocycles. The van der Waals surface area contributed by atoms with E-state index in [0.29, 0.717) is 11.3 Å². The van der Waals surface area contributed by atoms with Gasteiger partial charge in [0.1, 0.15) is 0 Å². The van der Waals surface area contributed by atoms with Crippen molar-refractivity contribution in [2.45, 2.75) is 32.6 Å². The maximum absolute atomic E-state index is 4.28. The third kappa shape index (κ3) is 1.93. The lowest BCUT2D eigenvalue weighted by Gasteiger charge is -2.15. The molecule has 0 spiro atoms. The Morgan fingerprint density at radius 1 is 1.29 bits per heavy atom. The standard InChI is InChI=1S/C16H18S/c1-11-9-16(2,3)10-13(11)15-8-12-6-4-5-7-14(12)17-15/h4-8,13H,1,9-10H2,2-3H3/t13-/m1/s1. The highest BCUT2D eigenvalue weighted by molar-refractivity contribution is 7.19. The smallest absolute Gasteiger partial charge is 0.0345 e. The molecule has 17 heavy (non-hydrogen) atoms. The molecule has 0 saturated heterocycles. The van der Waals surface area contributed by atoms with Gasteiger partial charge in [-0.15, -0.1) is 11.3 Å². The molecule has 1 atom stereocenters. The third-order valence-corrected chi connectivity index (χ3v) is 4.97. The van der Waals surface area contributed by atoms with Gasteiger partial charge in [-0.3, -0.25) is 0 Å². The summed E-state index contributed by atoms with van der Waals surface area (Å²) < 4.78 is 1.40. The second-order valence-corrected chi connectivity index (χ2v) is 7.06. The summed E-state index contributed by atoms with van der Waals surface area (Å²) in [5.41, 5.74) is 1.85. The van der Waals surface area contributed by atoms with E-state index in [2.05, 4.69) is 50.8 Å². The van der Waals surface area contributed by atoms with Crippen molar-refractivity contribution in [1.29, 1.82) is 0 Å². The van der Waals surface area contributed by atoms with E-state index in [1.165, 1.54) is 33.4 Å². The molecule has 0 bridgehead atoms. The third-order valence-electron chi connectivity index (χ3n) is 3.74. The minimum atomic E-state index is 0.428. The summed E-state index contributed by atoms with van der Waals surface area (Å²) >= 11 is 1.94. The first-order valence-corrected chi connectivity index (χ1v) is 7.03. The van der Waals surface area contributed by atoms with Gasteiger partial charge in [0.15, 0.2) is 0 Å². The molecule has 0 nitrogen and oxygen atoms in total. The molecule has 1 aliphatic carbocycles. The Morgan fingerprint density at radius 3 is 2.71 bits per heavy atom. The summed E-state index contributed by atoms with van der Waals surface area (Å²) in [5, 5.41) is 1.38. The van der Waals surface area contributed by atoms with Gasteiger partial charge in [-0.25, -0.2) is 0 Å². The summed E-state index contributed by atoms with van der Waals surface area (Å²) in [6, 6.07) is 11.0. The molecule has 1 heteroatoms. The van der Waals surface area contributed by atoms with E-state index in [1.54, 1.807) is 0 Å². The molecule has 1 saturated carbocycles. The molecule has 3 rings (SSSR count). The van der Waals surface area contributed by atoms with Gasteiger partial charge in [-0.2, -0.15) is 0 Å². The minimum Gasteiger partial charge on any atom is -0.140 e. The fourth-order valence-corrected chi connectivity index (χ4v) is 4.21. The molecule has 0 N–H and O–H groups in total. The van der Waals surface area contributed by atoms with Gasteiger partial charge in [0.05, 0.1) is 0 Å². The van der Waals surface area contributed by atoms with Crippen LogP contribution in [-0.4, -0.2) is 0 Å². The average molecular weight is 242 g/mol. The van der Waals surface area contributed by atoms with Crippen LogP contribution in [0.4, 0.5) is 0 Å². The van der Waals surface area contributed by atoms with Crippen molar-refractivity contribution in [3.8, 4) is 0 Å². The number of hydrogen-bond donors (Lipinski definition) is 0. The van der Waals surface area contributed by atoms with Crippen LogP contribution in [0.2, 0.25) is 0 Å². The lowest BCUT2D eigenvalue weighted by atomic mass is 9.90. The second-order valence-electron chi connectivity index (χ2n) is 5.94. The van der Waals surface area contributed by atoms with Crippen LogP contribution < -0.4 is 0 Å². The van der Waals surface area contributed by atoms with Crippen molar-refractivity contribution < 1.29 is 0 Å². The number of benzene rings is 1. The van der Waals surface area contributed by atoms with Crippen molar-refractivity contribution in [2.75, 3.05) is 0 Å². The molecule has 1 fully saturated rings. The number of thiophene rings is 1.